The number of hydrogen-bond acceptors (Lipinski definition) is 4. The van der Waals surface area contributed by atoms with E-state index in [1.807, 2.05) is 26.0 Å². The van der Waals surface area contributed by atoms with E-state index in [0.29, 0.717) is 12.4 Å². The van der Waals surface area contributed by atoms with Crippen molar-refractivity contribution in [1.82, 2.24) is 25.5 Å². The minimum Gasteiger partial charge on any atom is -0.338 e. The van der Waals surface area contributed by atoms with Gasteiger partial charge in [-0.3, -0.25) is 15.4 Å². The molecule has 0 aliphatic carbocycles. The molecule has 3 heterocycles. The van der Waals surface area contributed by atoms with E-state index in [1.165, 1.54) is 0 Å². The smallest absolute Gasteiger partial charge is 0.320 e. The molecule has 0 saturated heterocycles. The molecule has 0 saturated carbocycles. The Morgan fingerprint density at radius 1 is 1.32 bits per heavy atom. The number of fused-ring (bicyclic) bond motifs is 1. The third-order valence-corrected chi connectivity index (χ3v) is 3.20. The van der Waals surface area contributed by atoms with Gasteiger partial charge in [-0.1, -0.05) is 0 Å². The molecule has 0 unspecified atom stereocenters. The Labute approximate surface area is 127 Å². The SMILES string of the molecule is CCNC(=O)Nc1cc2[nH]nc(-c3ccnc(C)c3)c2cn1. The predicted molar refractivity (Wildman–Crippen MR) is 84.6 cm³/mol. The van der Waals surface area contributed by atoms with E-state index in [-0.39, 0.29) is 6.03 Å². The van der Waals surface area contributed by atoms with E-state index in [1.54, 1.807) is 18.5 Å². The van der Waals surface area contributed by atoms with Crippen LogP contribution in [0.4, 0.5) is 10.6 Å². The molecule has 0 bridgehead atoms. The van der Waals surface area contributed by atoms with E-state index in [4.69, 9.17) is 0 Å². The number of aryl methyl sites for hydroxylation is 1. The molecule has 0 aliphatic rings. The summed E-state index contributed by atoms with van der Waals surface area (Å²) in [4.78, 5) is 20.0. The van der Waals surface area contributed by atoms with Crippen LogP contribution in [0.5, 0.6) is 0 Å². The lowest BCUT2D eigenvalue weighted by Gasteiger charge is -2.04. The minimum absolute atomic E-state index is 0.279. The second kappa shape index (κ2) is 5.80. The van der Waals surface area contributed by atoms with Gasteiger partial charge in [0.25, 0.3) is 0 Å². The quantitative estimate of drug-likeness (QED) is 0.692. The number of hydrogen-bond donors (Lipinski definition) is 3. The molecule has 0 aliphatic heterocycles. The van der Waals surface area contributed by atoms with Crippen molar-refractivity contribution in [2.24, 2.45) is 0 Å². The fourth-order valence-corrected chi connectivity index (χ4v) is 2.22. The van der Waals surface area contributed by atoms with E-state index < -0.39 is 0 Å². The number of pyridine rings is 2. The number of carbonyl (C=O) groups excluding carboxylic acids is 1. The molecule has 3 N–H and O–H groups in total. The van der Waals surface area contributed by atoms with Gasteiger partial charge in [0.15, 0.2) is 0 Å². The summed E-state index contributed by atoms with van der Waals surface area (Å²) < 4.78 is 0. The van der Waals surface area contributed by atoms with Gasteiger partial charge in [-0.25, -0.2) is 9.78 Å². The summed E-state index contributed by atoms with van der Waals surface area (Å²) in [5.41, 5.74) is 3.53. The second-order valence-electron chi connectivity index (χ2n) is 4.86. The number of H-pyrrole nitrogens is 1. The molecular formula is C15H16N6O. The maximum Gasteiger partial charge on any atom is 0.320 e. The first-order valence-electron chi connectivity index (χ1n) is 6.99. The zero-order chi connectivity index (χ0) is 15.5. The van der Waals surface area contributed by atoms with Gasteiger partial charge in [0.05, 0.1) is 5.52 Å². The molecule has 112 valence electrons. The molecule has 3 aromatic rings. The Morgan fingerprint density at radius 2 is 2.18 bits per heavy atom. The molecule has 0 spiro atoms. The maximum atomic E-state index is 11.5. The number of aromatic nitrogens is 4. The lowest BCUT2D eigenvalue weighted by atomic mass is 10.1. The molecule has 3 aromatic heterocycles. The number of amides is 2. The highest BCUT2D eigenvalue weighted by atomic mass is 16.2. The fourth-order valence-electron chi connectivity index (χ4n) is 2.22. The lowest BCUT2D eigenvalue weighted by Crippen LogP contribution is -2.28. The van der Waals surface area contributed by atoms with E-state index in [9.17, 15) is 4.79 Å². The molecule has 22 heavy (non-hydrogen) atoms. The number of rotatable bonds is 3. The molecule has 0 aromatic carbocycles. The van der Waals surface area contributed by atoms with Gasteiger partial charge >= 0.3 is 6.03 Å². The van der Waals surface area contributed by atoms with Crippen molar-refractivity contribution in [2.45, 2.75) is 13.8 Å². The molecule has 3 rings (SSSR count). The highest BCUT2D eigenvalue weighted by Gasteiger charge is 2.10. The highest BCUT2D eigenvalue weighted by molar-refractivity contribution is 5.95. The number of nitrogens with one attached hydrogen (secondary N) is 3. The van der Waals surface area contributed by atoms with E-state index in [0.717, 1.165) is 27.9 Å². The van der Waals surface area contributed by atoms with Crippen LogP contribution in [0.3, 0.4) is 0 Å². The molecule has 2 amide bonds. The number of urea groups is 1. The van der Waals surface area contributed by atoms with Gasteiger partial charge in [-0.05, 0) is 26.0 Å². The Bertz CT molecular complexity index is 826. The normalized spacial score (nSPS) is 10.6. The van der Waals surface area contributed by atoms with Gasteiger partial charge in [0, 0.05) is 41.6 Å². The summed E-state index contributed by atoms with van der Waals surface area (Å²) in [6.45, 7) is 4.35. The van der Waals surface area contributed by atoms with Crippen LogP contribution in [0.2, 0.25) is 0 Å². The molecule has 0 radical (unpaired) electrons. The molecule has 0 atom stereocenters. The standard InChI is InChI=1S/C15H16N6O/c1-3-16-15(22)19-13-7-12-11(8-18-13)14(21-20-12)10-4-5-17-9(2)6-10/h4-8H,3H2,1-2H3,(H,20,21)(H2,16,18,19,22). The molecular weight excluding hydrogens is 280 g/mol. The van der Waals surface area contributed by atoms with Gasteiger partial charge in [-0.15, -0.1) is 0 Å². The van der Waals surface area contributed by atoms with Crippen molar-refractivity contribution in [3.05, 3.63) is 36.3 Å². The number of carbonyl (C=O) groups is 1. The fraction of sp³-hybridized carbons (Fsp3) is 0.200. The summed E-state index contributed by atoms with van der Waals surface area (Å²) in [6, 6.07) is 5.36. The third-order valence-electron chi connectivity index (χ3n) is 3.20. The van der Waals surface area contributed by atoms with Crippen molar-refractivity contribution in [3.8, 4) is 11.3 Å². The summed E-state index contributed by atoms with van der Waals surface area (Å²) in [6.07, 6.45) is 3.45. The maximum absolute atomic E-state index is 11.5. The van der Waals surface area contributed by atoms with Gasteiger partial charge in [0.1, 0.15) is 11.5 Å². The van der Waals surface area contributed by atoms with Crippen LogP contribution < -0.4 is 10.6 Å². The van der Waals surface area contributed by atoms with Crippen LogP contribution in [-0.4, -0.2) is 32.7 Å². The summed E-state index contributed by atoms with van der Waals surface area (Å²) in [5, 5.41) is 13.5. The van der Waals surface area contributed by atoms with Crippen LogP contribution >= 0.6 is 0 Å². The Morgan fingerprint density at radius 3 is 2.95 bits per heavy atom. The van der Waals surface area contributed by atoms with Gasteiger partial charge in [0.2, 0.25) is 0 Å². The van der Waals surface area contributed by atoms with Crippen molar-refractivity contribution in [3.63, 3.8) is 0 Å². The van der Waals surface area contributed by atoms with Crippen molar-refractivity contribution in [1.29, 1.82) is 0 Å². The average Bonchev–Trinajstić information content (AvgIpc) is 2.90. The largest absolute Gasteiger partial charge is 0.338 e. The monoisotopic (exact) mass is 296 g/mol. The van der Waals surface area contributed by atoms with Crippen LogP contribution in [0.25, 0.3) is 22.2 Å². The zero-order valence-corrected chi connectivity index (χ0v) is 12.3. The molecule has 0 fully saturated rings. The highest BCUT2D eigenvalue weighted by Crippen LogP contribution is 2.26. The molecule has 7 nitrogen and oxygen atoms in total. The Balaban J connectivity index is 1.94. The van der Waals surface area contributed by atoms with E-state index in [2.05, 4.69) is 30.8 Å². The summed E-state index contributed by atoms with van der Waals surface area (Å²) >= 11 is 0. The van der Waals surface area contributed by atoms with Gasteiger partial charge < -0.3 is 5.32 Å². The zero-order valence-electron chi connectivity index (χ0n) is 12.3. The molecule has 7 heteroatoms. The van der Waals surface area contributed by atoms with Crippen LogP contribution in [0, 0.1) is 6.92 Å². The number of nitrogens with zero attached hydrogens (tertiary/aromatic N) is 3. The van der Waals surface area contributed by atoms with Crippen LogP contribution in [0.15, 0.2) is 30.6 Å². The second-order valence-corrected chi connectivity index (χ2v) is 4.86. The van der Waals surface area contributed by atoms with Crippen molar-refractivity contribution < 1.29 is 4.79 Å². The first-order valence-corrected chi connectivity index (χ1v) is 6.99. The van der Waals surface area contributed by atoms with Crippen LogP contribution in [-0.2, 0) is 0 Å². The topological polar surface area (TPSA) is 95.6 Å². The van der Waals surface area contributed by atoms with E-state index >= 15 is 0 Å². The van der Waals surface area contributed by atoms with Crippen molar-refractivity contribution >= 4 is 22.8 Å². The Kier molecular flexibility index (Phi) is 3.69. The minimum atomic E-state index is -0.279. The number of anilines is 1. The lowest BCUT2D eigenvalue weighted by molar-refractivity contribution is 0.252. The first-order chi connectivity index (χ1) is 10.7. The van der Waals surface area contributed by atoms with Gasteiger partial charge in [-0.2, -0.15) is 5.10 Å². The summed E-state index contributed by atoms with van der Waals surface area (Å²) in [5.74, 6) is 0.472. The summed E-state index contributed by atoms with van der Waals surface area (Å²) in [7, 11) is 0. The number of aromatic amines is 1. The first kappa shape index (κ1) is 14.0. The third kappa shape index (κ3) is 2.73. The Hall–Kier alpha value is -2.96. The van der Waals surface area contributed by atoms with Crippen molar-refractivity contribution in [2.75, 3.05) is 11.9 Å². The van der Waals surface area contributed by atoms with Crippen LogP contribution in [0.1, 0.15) is 12.6 Å². The predicted octanol–water partition coefficient (Wildman–Crippen LogP) is 2.47. The average molecular weight is 296 g/mol.